The topological polar surface area (TPSA) is 67.4 Å². The highest BCUT2D eigenvalue weighted by atomic mass is 79.9. The van der Waals surface area contributed by atoms with Crippen molar-refractivity contribution in [3.8, 4) is 5.75 Å². The fraction of sp³-hybridized carbons (Fsp3) is 0.130. The van der Waals surface area contributed by atoms with Crippen molar-refractivity contribution in [2.45, 2.75) is 13.5 Å². The van der Waals surface area contributed by atoms with Crippen LogP contribution in [-0.4, -0.2) is 18.9 Å². The quantitative estimate of drug-likeness (QED) is 0.555. The second-order valence-corrected chi connectivity index (χ2v) is 7.37. The predicted octanol–water partition coefficient (Wildman–Crippen LogP) is 4.95. The molecule has 2 N–H and O–H groups in total. The van der Waals surface area contributed by atoms with Gasteiger partial charge in [0.1, 0.15) is 5.75 Å². The molecule has 3 rings (SSSR count). The third-order valence-electron chi connectivity index (χ3n) is 4.41. The SMILES string of the molecule is COc1ccc(Br)c(C(=O)Nc2ccccc2C(=O)NCc2ccc(C)cc2)c1. The minimum Gasteiger partial charge on any atom is -0.497 e. The molecular formula is C23H21BrN2O3. The van der Waals surface area contributed by atoms with Gasteiger partial charge >= 0.3 is 0 Å². The van der Waals surface area contributed by atoms with Gasteiger partial charge in [-0.15, -0.1) is 0 Å². The van der Waals surface area contributed by atoms with Crippen molar-refractivity contribution in [1.29, 1.82) is 0 Å². The van der Waals surface area contributed by atoms with Crippen LogP contribution in [0.25, 0.3) is 0 Å². The highest BCUT2D eigenvalue weighted by molar-refractivity contribution is 9.10. The first kappa shape index (κ1) is 20.6. The van der Waals surface area contributed by atoms with Crippen molar-refractivity contribution >= 4 is 33.4 Å². The number of para-hydroxylation sites is 1. The van der Waals surface area contributed by atoms with Crippen LogP contribution in [0.1, 0.15) is 31.8 Å². The van der Waals surface area contributed by atoms with Gasteiger partial charge in [0.25, 0.3) is 11.8 Å². The number of rotatable bonds is 6. The van der Waals surface area contributed by atoms with E-state index in [9.17, 15) is 9.59 Å². The third kappa shape index (κ3) is 5.23. The van der Waals surface area contributed by atoms with Crippen molar-refractivity contribution < 1.29 is 14.3 Å². The Labute approximate surface area is 178 Å². The molecular weight excluding hydrogens is 432 g/mol. The van der Waals surface area contributed by atoms with Crippen molar-refractivity contribution in [2.24, 2.45) is 0 Å². The fourth-order valence-corrected chi connectivity index (χ4v) is 3.20. The Kier molecular flexibility index (Phi) is 6.67. The number of hydrogen-bond acceptors (Lipinski definition) is 3. The summed E-state index contributed by atoms with van der Waals surface area (Å²) < 4.78 is 5.82. The van der Waals surface area contributed by atoms with E-state index >= 15 is 0 Å². The van der Waals surface area contributed by atoms with Crippen LogP contribution in [-0.2, 0) is 6.54 Å². The Bertz CT molecular complexity index is 1030. The van der Waals surface area contributed by atoms with Crippen LogP contribution in [0.15, 0.2) is 71.2 Å². The number of benzene rings is 3. The molecule has 0 bridgehead atoms. The molecule has 0 heterocycles. The monoisotopic (exact) mass is 452 g/mol. The lowest BCUT2D eigenvalue weighted by atomic mass is 10.1. The number of aryl methyl sites for hydroxylation is 1. The fourth-order valence-electron chi connectivity index (χ4n) is 2.77. The second kappa shape index (κ2) is 9.39. The average Bonchev–Trinajstić information content (AvgIpc) is 2.73. The zero-order valence-electron chi connectivity index (χ0n) is 16.2. The first-order chi connectivity index (χ1) is 14.0. The van der Waals surface area contributed by atoms with E-state index in [-0.39, 0.29) is 11.8 Å². The highest BCUT2D eigenvalue weighted by Crippen LogP contribution is 2.24. The number of halogens is 1. The predicted molar refractivity (Wildman–Crippen MR) is 117 cm³/mol. The lowest BCUT2D eigenvalue weighted by Gasteiger charge is -2.13. The third-order valence-corrected chi connectivity index (χ3v) is 5.10. The minimum absolute atomic E-state index is 0.258. The molecule has 148 valence electrons. The van der Waals surface area contributed by atoms with Gasteiger partial charge in [0, 0.05) is 11.0 Å². The van der Waals surface area contributed by atoms with Gasteiger partial charge in [0.2, 0.25) is 0 Å². The summed E-state index contributed by atoms with van der Waals surface area (Å²) in [6.07, 6.45) is 0. The molecule has 0 aliphatic carbocycles. The lowest BCUT2D eigenvalue weighted by Crippen LogP contribution is -2.25. The van der Waals surface area contributed by atoms with Gasteiger partial charge in [0.15, 0.2) is 0 Å². The van der Waals surface area contributed by atoms with E-state index in [0.717, 1.165) is 11.1 Å². The first-order valence-corrected chi connectivity index (χ1v) is 9.85. The van der Waals surface area contributed by atoms with Crippen LogP contribution >= 0.6 is 15.9 Å². The summed E-state index contributed by atoms with van der Waals surface area (Å²) in [6.45, 7) is 2.42. The Hall–Kier alpha value is -3.12. The summed E-state index contributed by atoms with van der Waals surface area (Å²) in [7, 11) is 1.54. The van der Waals surface area contributed by atoms with E-state index in [4.69, 9.17) is 4.74 Å². The maximum absolute atomic E-state index is 12.8. The number of nitrogens with one attached hydrogen (secondary N) is 2. The molecule has 0 aromatic heterocycles. The van der Waals surface area contributed by atoms with Crippen LogP contribution in [0.2, 0.25) is 0 Å². The van der Waals surface area contributed by atoms with Crippen LogP contribution in [0.4, 0.5) is 5.69 Å². The molecule has 5 nitrogen and oxygen atoms in total. The molecule has 0 spiro atoms. The van der Waals surface area contributed by atoms with E-state index in [2.05, 4.69) is 26.6 Å². The highest BCUT2D eigenvalue weighted by Gasteiger charge is 2.16. The normalized spacial score (nSPS) is 10.3. The molecule has 0 saturated carbocycles. The summed E-state index contributed by atoms with van der Waals surface area (Å²) in [4.78, 5) is 25.5. The number of ether oxygens (including phenoxy) is 1. The van der Waals surface area contributed by atoms with Crippen molar-refractivity contribution in [2.75, 3.05) is 12.4 Å². The van der Waals surface area contributed by atoms with Gasteiger partial charge < -0.3 is 15.4 Å². The number of anilines is 1. The van der Waals surface area contributed by atoms with Gasteiger partial charge in [-0.1, -0.05) is 42.0 Å². The van der Waals surface area contributed by atoms with Crippen LogP contribution < -0.4 is 15.4 Å². The van der Waals surface area contributed by atoms with Crippen LogP contribution in [0.3, 0.4) is 0 Å². The molecule has 0 radical (unpaired) electrons. The van der Waals surface area contributed by atoms with E-state index in [1.165, 1.54) is 0 Å². The summed E-state index contributed by atoms with van der Waals surface area (Å²) in [5.74, 6) is -0.0248. The second-order valence-electron chi connectivity index (χ2n) is 6.51. The van der Waals surface area contributed by atoms with Crippen molar-refractivity contribution in [1.82, 2.24) is 5.32 Å². The van der Waals surface area contributed by atoms with Gasteiger partial charge in [-0.2, -0.15) is 0 Å². The Morgan fingerprint density at radius 1 is 0.931 bits per heavy atom. The molecule has 0 fully saturated rings. The number of carbonyl (C=O) groups excluding carboxylic acids is 2. The van der Waals surface area contributed by atoms with Crippen LogP contribution in [0, 0.1) is 6.92 Å². The molecule has 6 heteroatoms. The van der Waals surface area contributed by atoms with Gasteiger partial charge in [-0.3, -0.25) is 9.59 Å². The summed E-state index contributed by atoms with van der Waals surface area (Å²) in [5, 5.41) is 5.72. The van der Waals surface area contributed by atoms with Crippen molar-refractivity contribution in [3.63, 3.8) is 0 Å². The Morgan fingerprint density at radius 3 is 2.38 bits per heavy atom. The molecule has 0 aliphatic rings. The Morgan fingerprint density at radius 2 is 1.66 bits per heavy atom. The summed E-state index contributed by atoms with van der Waals surface area (Å²) >= 11 is 3.38. The van der Waals surface area contributed by atoms with Crippen LogP contribution in [0.5, 0.6) is 5.75 Å². The molecule has 0 aliphatic heterocycles. The van der Waals surface area contributed by atoms with Crippen molar-refractivity contribution in [3.05, 3.63) is 93.5 Å². The zero-order valence-corrected chi connectivity index (χ0v) is 17.7. The molecule has 0 atom stereocenters. The Balaban J connectivity index is 1.75. The summed E-state index contributed by atoms with van der Waals surface area (Å²) in [6, 6.07) is 20.0. The average molecular weight is 453 g/mol. The standard InChI is InChI=1S/C23H21BrN2O3/c1-15-7-9-16(10-8-15)14-25-22(27)18-5-3-4-6-21(18)26-23(28)19-13-17(29-2)11-12-20(19)24/h3-13H,14H2,1-2H3,(H,25,27)(H,26,28). The maximum atomic E-state index is 12.8. The molecule has 29 heavy (non-hydrogen) atoms. The number of amides is 2. The molecule has 3 aromatic rings. The number of methoxy groups -OCH3 is 1. The van der Waals surface area contributed by atoms with Gasteiger partial charge in [-0.25, -0.2) is 0 Å². The lowest BCUT2D eigenvalue weighted by molar-refractivity contribution is 0.0952. The van der Waals surface area contributed by atoms with E-state index in [0.29, 0.717) is 33.6 Å². The number of carbonyl (C=O) groups is 2. The maximum Gasteiger partial charge on any atom is 0.256 e. The largest absolute Gasteiger partial charge is 0.497 e. The zero-order chi connectivity index (χ0) is 20.8. The first-order valence-electron chi connectivity index (χ1n) is 9.05. The molecule has 3 aromatic carbocycles. The number of hydrogen-bond donors (Lipinski definition) is 2. The van der Waals surface area contributed by atoms with Gasteiger partial charge in [-0.05, 0) is 58.7 Å². The van der Waals surface area contributed by atoms with E-state index < -0.39 is 0 Å². The smallest absolute Gasteiger partial charge is 0.256 e. The molecule has 2 amide bonds. The molecule has 0 saturated heterocycles. The summed E-state index contributed by atoms with van der Waals surface area (Å²) in [5.41, 5.74) is 3.42. The van der Waals surface area contributed by atoms with E-state index in [1.807, 2.05) is 31.2 Å². The van der Waals surface area contributed by atoms with Gasteiger partial charge in [0.05, 0.1) is 23.9 Å². The minimum atomic E-state index is -0.338. The van der Waals surface area contributed by atoms with E-state index in [1.54, 1.807) is 49.6 Å². The molecule has 0 unspecified atom stereocenters.